The summed E-state index contributed by atoms with van der Waals surface area (Å²) < 4.78 is 6.53. The lowest BCUT2D eigenvalue weighted by atomic mass is 10.2. The van der Waals surface area contributed by atoms with Gasteiger partial charge in [-0.2, -0.15) is 4.68 Å². The molecule has 124 valence electrons. The van der Waals surface area contributed by atoms with E-state index >= 15 is 0 Å². The third kappa shape index (κ3) is 3.62. The van der Waals surface area contributed by atoms with E-state index in [-0.39, 0.29) is 5.91 Å². The van der Waals surface area contributed by atoms with Crippen LogP contribution >= 0.6 is 11.8 Å². The molecule has 0 saturated carbocycles. The van der Waals surface area contributed by atoms with Crippen molar-refractivity contribution in [2.75, 3.05) is 5.32 Å². The van der Waals surface area contributed by atoms with Crippen molar-refractivity contribution < 1.29 is 9.32 Å². The lowest BCUT2D eigenvalue weighted by Gasteiger charge is -2.10. The maximum absolute atomic E-state index is 12.2. The van der Waals surface area contributed by atoms with Crippen LogP contribution in [0, 0.1) is 13.8 Å². The number of rotatable bonds is 5. The average Bonchev–Trinajstić information content (AvgIpc) is 3.17. The Morgan fingerprint density at radius 2 is 2.04 bits per heavy atom. The predicted molar refractivity (Wildman–Crippen MR) is 89.1 cm³/mol. The highest BCUT2D eigenvalue weighted by Gasteiger charge is 2.20. The van der Waals surface area contributed by atoms with E-state index in [1.54, 1.807) is 24.6 Å². The van der Waals surface area contributed by atoms with Crippen molar-refractivity contribution >= 4 is 23.5 Å². The summed E-state index contributed by atoms with van der Waals surface area (Å²) in [5.74, 6) is 0.823. The van der Waals surface area contributed by atoms with Crippen LogP contribution in [0.15, 0.2) is 40.0 Å². The topological polar surface area (TPSA) is 98.7 Å². The second kappa shape index (κ2) is 6.83. The Bertz CT molecular complexity index is 842. The van der Waals surface area contributed by atoms with Gasteiger partial charge in [0.25, 0.3) is 0 Å². The Labute approximate surface area is 142 Å². The molecule has 0 bridgehead atoms. The molecule has 3 aromatic rings. The van der Waals surface area contributed by atoms with Crippen LogP contribution in [0.25, 0.3) is 5.69 Å². The first-order valence-corrected chi connectivity index (χ1v) is 8.17. The van der Waals surface area contributed by atoms with E-state index in [1.807, 2.05) is 31.2 Å². The third-order valence-electron chi connectivity index (χ3n) is 3.25. The van der Waals surface area contributed by atoms with E-state index in [4.69, 9.17) is 4.52 Å². The molecule has 8 nitrogen and oxygen atoms in total. The maximum Gasteiger partial charge on any atom is 0.238 e. The summed E-state index contributed by atoms with van der Waals surface area (Å²) >= 11 is 1.27. The zero-order valence-electron chi connectivity index (χ0n) is 13.4. The molecule has 1 amide bonds. The van der Waals surface area contributed by atoms with Crippen LogP contribution in [0.4, 0.5) is 5.82 Å². The molecule has 2 aromatic heterocycles. The SMILES string of the molecule is Cc1ccc(-n2nnnc2SC(C)C(=O)Nc2cc(C)on2)cc1. The summed E-state index contributed by atoms with van der Waals surface area (Å²) in [7, 11) is 0. The van der Waals surface area contributed by atoms with Gasteiger partial charge < -0.3 is 9.84 Å². The number of aryl methyl sites for hydroxylation is 2. The zero-order valence-corrected chi connectivity index (χ0v) is 14.2. The number of nitrogens with one attached hydrogen (secondary N) is 1. The third-order valence-corrected chi connectivity index (χ3v) is 4.28. The summed E-state index contributed by atoms with van der Waals surface area (Å²) in [4.78, 5) is 12.2. The van der Waals surface area contributed by atoms with Gasteiger partial charge >= 0.3 is 0 Å². The van der Waals surface area contributed by atoms with Crippen molar-refractivity contribution in [3.63, 3.8) is 0 Å². The molecule has 24 heavy (non-hydrogen) atoms. The molecule has 1 unspecified atom stereocenters. The van der Waals surface area contributed by atoms with Gasteiger partial charge in [0, 0.05) is 6.07 Å². The Hall–Kier alpha value is -2.68. The monoisotopic (exact) mass is 344 g/mol. The van der Waals surface area contributed by atoms with Gasteiger partial charge in [-0.3, -0.25) is 4.79 Å². The van der Waals surface area contributed by atoms with Crippen LogP contribution in [-0.4, -0.2) is 36.5 Å². The number of hydrogen-bond acceptors (Lipinski definition) is 7. The molecule has 1 N–H and O–H groups in total. The number of nitrogens with zero attached hydrogens (tertiary/aromatic N) is 5. The molecule has 0 radical (unpaired) electrons. The van der Waals surface area contributed by atoms with Crippen molar-refractivity contribution in [2.24, 2.45) is 0 Å². The summed E-state index contributed by atoms with van der Waals surface area (Å²) in [5, 5.41) is 18.3. The highest BCUT2D eigenvalue weighted by Crippen LogP contribution is 2.24. The number of thioether (sulfide) groups is 1. The van der Waals surface area contributed by atoms with Gasteiger partial charge in [0.15, 0.2) is 5.82 Å². The lowest BCUT2D eigenvalue weighted by Crippen LogP contribution is -2.23. The Kier molecular flexibility index (Phi) is 4.61. The fraction of sp³-hybridized carbons (Fsp3) is 0.267. The Balaban J connectivity index is 1.70. The van der Waals surface area contributed by atoms with Crippen molar-refractivity contribution in [3.8, 4) is 5.69 Å². The molecule has 3 rings (SSSR count). The minimum atomic E-state index is -0.405. The molecule has 1 atom stereocenters. The van der Waals surface area contributed by atoms with Crippen LogP contribution in [-0.2, 0) is 4.79 Å². The van der Waals surface area contributed by atoms with E-state index < -0.39 is 5.25 Å². The average molecular weight is 344 g/mol. The van der Waals surface area contributed by atoms with Crippen molar-refractivity contribution in [1.82, 2.24) is 25.4 Å². The number of carbonyl (C=O) groups excluding carboxylic acids is 1. The minimum Gasteiger partial charge on any atom is -0.360 e. The van der Waals surface area contributed by atoms with Gasteiger partial charge in [0.2, 0.25) is 11.1 Å². The summed E-state index contributed by atoms with van der Waals surface area (Å²) in [6.45, 7) is 5.55. The predicted octanol–water partition coefficient (Wildman–Crippen LogP) is 2.39. The molecule has 9 heteroatoms. The largest absolute Gasteiger partial charge is 0.360 e. The molecule has 1 aromatic carbocycles. The molecular formula is C15H16N6O2S. The van der Waals surface area contributed by atoms with E-state index in [2.05, 4.69) is 26.0 Å². The fourth-order valence-corrected chi connectivity index (χ4v) is 2.77. The minimum absolute atomic E-state index is 0.202. The number of benzene rings is 1. The molecule has 0 saturated heterocycles. The normalized spacial score (nSPS) is 12.1. The van der Waals surface area contributed by atoms with Crippen LogP contribution in [0.3, 0.4) is 0 Å². The zero-order chi connectivity index (χ0) is 17.1. The van der Waals surface area contributed by atoms with Crippen LogP contribution in [0.5, 0.6) is 0 Å². The van der Waals surface area contributed by atoms with E-state index in [0.717, 1.165) is 11.3 Å². The second-order valence-electron chi connectivity index (χ2n) is 5.28. The maximum atomic E-state index is 12.2. The summed E-state index contributed by atoms with van der Waals surface area (Å²) in [5.41, 5.74) is 1.99. The van der Waals surface area contributed by atoms with Gasteiger partial charge in [-0.05, 0) is 43.3 Å². The number of tetrazole rings is 1. The molecule has 0 spiro atoms. The van der Waals surface area contributed by atoms with E-state index in [0.29, 0.717) is 16.7 Å². The molecule has 0 fully saturated rings. The first-order chi connectivity index (χ1) is 11.5. The molecule has 2 heterocycles. The second-order valence-corrected chi connectivity index (χ2v) is 6.59. The van der Waals surface area contributed by atoms with E-state index in [9.17, 15) is 4.79 Å². The van der Waals surface area contributed by atoms with E-state index in [1.165, 1.54) is 11.8 Å². The quantitative estimate of drug-likeness (QED) is 0.709. The van der Waals surface area contributed by atoms with Crippen molar-refractivity contribution in [2.45, 2.75) is 31.2 Å². The Morgan fingerprint density at radius 1 is 1.29 bits per heavy atom. The van der Waals surface area contributed by atoms with Crippen molar-refractivity contribution in [1.29, 1.82) is 0 Å². The fourth-order valence-electron chi connectivity index (χ4n) is 1.97. The van der Waals surface area contributed by atoms with Crippen LogP contribution < -0.4 is 5.32 Å². The van der Waals surface area contributed by atoms with Gasteiger partial charge in [-0.15, -0.1) is 5.10 Å². The summed E-state index contributed by atoms with van der Waals surface area (Å²) in [6.07, 6.45) is 0. The summed E-state index contributed by atoms with van der Waals surface area (Å²) in [6, 6.07) is 9.48. The lowest BCUT2D eigenvalue weighted by molar-refractivity contribution is -0.115. The van der Waals surface area contributed by atoms with Gasteiger partial charge in [-0.1, -0.05) is 34.6 Å². The van der Waals surface area contributed by atoms with Crippen molar-refractivity contribution in [3.05, 3.63) is 41.7 Å². The first kappa shape index (κ1) is 16.2. The molecular weight excluding hydrogens is 328 g/mol. The molecule has 0 aliphatic heterocycles. The van der Waals surface area contributed by atoms with Gasteiger partial charge in [-0.25, -0.2) is 0 Å². The van der Waals surface area contributed by atoms with Gasteiger partial charge in [0.1, 0.15) is 5.76 Å². The number of amides is 1. The van der Waals surface area contributed by atoms with Gasteiger partial charge in [0.05, 0.1) is 10.9 Å². The number of aromatic nitrogens is 5. The number of carbonyl (C=O) groups is 1. The molecule has 0 aliphatic rings. The van der Waals surface area contributed by atoms with Crippen LogP contribution in [0.1, 0.15) is 18.2 Å². The van der Waals surface area contributed by atoms with Crippen LogP contribution in [0.2, 0.25) is 0 Å². The highest BCUT2D eigenvalue weighted by atomic mass is 32.2. The standard InChI is InChI=1S/C15H16N6O2S/c1-9-4-6-12(7-5-9)21-15(17-19-20-21)24-11(3)14(22)16-13-8-10(2)23-18-13/h4-8,11H,1-3H3,(H,16,18,22). The number of hydrogen-bond donors (Lipinski definition) is 1. The smallest absolute Gasteiger partial charge is 0.238 e. The molecule has 0 aliphatic carbocycles. The Morgan fingerprint density at radius 3 is 2.71 bits per heavy atom. The number of anilines is 1. The highest BCUT2D eigenvalue weighted by molar-refractivity contribution is 8.00. The first-order valence-electron chi connectivity index (χ1n) is 7.29.